The highest BCUT2D eigenvalue weighted by Gasteiger charge is 2.23. The molecule has 0 amide bonds. The van der Waals surface area contributed by atoms with Gasteiger partial charge in [0.1, 0.15) is 0 Å². The Labute approximate surface area is 187 Å². The first-order valence-electron chi connectivity index (χ1n) is 16.9. The van der Waals surface area contributed by atoms with E-state index in [2.05, 4.69) is 0 Å². The minimum Gasteiger partial charge on any atom is -0.340 e. The van der Waals surface area contributed by atoms with E-state index >= 15 is 0 Å². The van der Waals surface area contributed by atoms with Crippen LogP contribution in [0.15, 0.2) is 52.2 Å². The van der Waals surface area contributed by atoms with Gasteiger partial charge >= 0.3 is 0 Å². The SMILES string of the molecule is [2H]c1c([2H])c2c(c([2H])c1Cl)N(C([2H])([2H])C([2H])([2H])C([2H])([2H])N1C([2H])([2H])C([2H])([2H])N(C([2H])([2H])[2H])C([2H])([2H])C1([2H])[2H])c1ccccc1S2. The summed E-state index contributed by atoms with van der Waals surface area (Å²) in [5.74, 6) is 0. The molecular weight excluding hydrogens is 350 g/mol. The fourth-order valence-electron chi connectivity index (χ4n) is 2.12. The lowest BCUT2D eigenvalue weighted by Crippen LogP contribution is -2.45. The van der Waals surface area contributed by atoms with Gasteiger partial charge in [0, 0.05) is 70.6 Å². The summed E-state index contributed by atoms with van der Waals surface area (Å²) in [4.78, 5) is -1.15. The van der Waals surface area contributed by atoms with E-state index in [0.717, 1.165) is 11.8 Å². The van der Waals surface area contributed by atoms with Crippen molar-refractivity contribution in [1.82, 2.24) is 9.80 Å². The van der Waals surface area contributed by atoms with Gasteiger partial charge in [0.05, 0.1) is 15.5 Å². The van der Waals surface area contributed by atoms with Crippen molar-refractivity contribution in [2.45, 2.75) is 16.2 Å². The molecule has 0 radical (unpaired) electrons. The highest BCUT2D eigenvalue weighted by atomic mass is 35.5. The number of hydrogen-bond acceptors (Lipinski definition) is 4. The Morgan fingerprint density at radius 3 is 2.84 bits per heavy atom. The zero-order valence-corrected chi connectivity index (χ0v) is 14.0. The minimum atomic E-state index is -4.35. The molecule has 1 fully saturated rings. The zero-order chi connectivity index (χ0) is 34.9. The van der Waals surface area contributed by atoms with Gasteiger partial charge in [0.15, 0.2) is 0 Å². The monoisotopic (exact) mass is 393 g/mol. The molecule has 132 valence electrons. The number of anilines is 2. The number of para-hydroxylation sites is 1. The maximum Gasteiger partial charge on any atom is 0.0661 e. The van der Waals surface area contributed by atoms with E-state index in [1.54, 1.807) is 0 Å². The van der Waals surface area contributed by atoms with Crippen LogP contribution in [0.4, 0.5) is 11.4 Å². The number of piperazine rings is 1. The third-order valence-electron chi connectivity index (χ3n) is 3.15. The van der Waals surface area contributed by atoms with Crippen LogP contribution in [-0.4, -0.2) is 55.8 Å². The number of halogens is 1. The number of fused-ring (bicyclic) bond motifs is 2. The van der Waals surface area contributed by atoms with Crippen LogP contribution in [-0.2, 0) is 0 Å². The molecule has 25 heavy (non-hydrogen) atoms. The summed E-state index contributed by atoms with van der Waals surface area (Å²) in [7, 11) is 0. The molecule has 0 atom stereocenters. The molecule has 2 aliphatic heterocycles. The fourth-order valence-corrected chi connectivity index (χ4v) is 3.23. The van der Waals surface area contributed by atoms with E-state index in [1.165, 1.54) is 24.3 Å². The predicted molar refractivity (Wildman–Crippen MR) is 108 cm³/mol. The molecule has 2 heterocycles. The number of benzene rings is 2. The molecule has 0 aliphatic carbocycles. The zero-order valence-electron chi connectivity index (χ0n) is 32.4. The van der Waals surface area contributed by atoms with E-state index in [0.29, 0.717) is 4.90 Å². The molecule has 0 spiro atoms. The Balaban J connectivity index is 2.03. The molecule has 0 aromatic heterocycles. The van der Waals surface area contributed by atoms with Gasteiger partial charge in [-0.3, -0.25) is 0 Å². The van der Waals surface area contributed by atoms with Gasteiger partial charge in [-0.15, -0.1) is 0 Å². The van der Waals surface area contributed by atoms with Gasteiger partial charge < -0.3 is 14.7 Å². The summed E-state index contributed by atoms with van der Waals surface area (Å²) in [6.07, 6.45) is -4.21. The highest BCUT2D eigenvalue weighted by Crippen LogP contribution is 2.48. The molecule has 0 bridgehead atoms. The Bertz CT molecular complexity index is 1510. The Kier molecular flexibility index (Phi) is 1.71. The topological polar surface area (TPSA) is 9.72 Å². The van der Waals surface area contributed by atoms with Crippen LogP contribution in [0.25, 0.3) is 0 Å². The first kappa shape index (κ1) is 5.65. The number of likely N-dealkylation sites (N-methyl/N-ethyl adjacent to an activating group) is 1. The summed E-state index contributed by atoms with van der Waals surface area (Å²) in [5.41, 5.74) is -0.761. The summed E-state index contributed by atoms with van der Waals surface area (Å²) in [5, 5.41) is -0.627. The van der Waals surface area contributed by atoms with Gasteiger partial charge in [0.2, 0.25) is 0 Å². The largest absolute Gasteiger partial charge is 0.340 e. The normalized spacial score (nSPS) is 40.1. The van der Waals surface area contributed by atoms with Crippen LogP contribution in [0.1, 0.15) is 33.8 Å². The molecule has 2 aromatic rings. The summed E-state index contributed by atoms with van der Waals surface area (Å²) in [6, 6.07) is 3.63. The van der Waals surface area contributed by atoms with Crippen LogP contribution in [0.2, 0.25) is 5.02 Å². The quantitative estimate of drug-likeness (QED) is 0.751. The van der Waals surface area contributed by atoms with Crippen molar-refractivity contribution in [1.29, 1.82) is 0 Å². The first-order valence-corrected chi connectivity index (χ1v) is 8.13. The first-order chi connectivity index (χ1) is 20.0. The number of rotatable bonds is 4. The second kappa shape index (κ2) is 7.58. The second-order valence-electron chi connectivity index (χ2n) is 4.74. The van der Waals surface area contributed by atoms with E-state index < -0.39 is 91.0 Å². The van der Waals surface area contributed by atoms with E-state index in [1.807, 2.05) is 0 Å². The van der Waals surface area contributed by atoms with Crippen LogP contribution in [0.3, 0.4) is 0 Å². The van der Waals surface area contributed by atoms with Gasteiger partial charge in [-0.25, -0.2) is 0 Å². The van der Waals surface area contributed by atoms with Crippen molar-refractivity contribution in [3.8, 4) is 0 Å². The van der Waals surface area contributed by atoms with E-state index in [-0.39, 0.29) is 15.5 Å². The van der Waals surface area contributed by atoms with Crippen molar-refractivity contribution in [2.24, 2.45) is 0 Å². The maximum atomic E-state index is 9.02. The average molecular weight is 394 g/mol. The molecule has 1 saturated heterocycles. The smallest absolute Gasteiger partial charge is 0.0661 e. The van der Waals surface area contributed by atoms with Gasteiger partial charge in [-0.2, -0.15) is 0 Å². The highest BCUT2D eigenvalue weighted by molar-refractivity contribution is 7.99. The predicted octanol–water partition coefficient (Wildman–Crippen LogP) is 4.58. The Hall–Kier alpha value is -1.20. The third kappa shape index (κ3) is 3.82. The summed E-state index contributed by atoms with van der Waals surface area (Å²) < 4.78 is 168. The molecule has 0 N–H and O–H groups in total. The van der Waals surface area contributed by atoms with Crippen LogP contribution in [0.5, 0.6) is 0 Å². The molecule has 0 saturated carbocycles. The van der Waals surface area contributed by atoms with Crippen molar-refractivity contribution >= 4 is 34.7 Å². The van der Waals surface area contributed by atoms with E-state index in [9.17, 15) is 0 Å². The molecule has 3 nitrogen and oxygen atoms in total. The number of hydrogen-bond donors (Lipinski definition) is 0. The van der Waals surface area contributed by atoms with Gasteiger partial charge in [-0.05, 0) is 50.1 Å². The van der Waals surface area contributed by atoms with Crippen molar-refractivity contribution < 1.29 is 27.4 Å². The average Bonchev–Trinajstić information content (AvgIpc) is 2.86. The standard InChI is InChI=1S/C20H24ClN3S/c1-22-11-13-23(14-12-22)9-4-10-24-17-5-2-3-6-19(17)25-20-8-7-16(21)15-18(20)24/h2-3,5-8,15H,4,9-14H2,1H3/i1D3,4D2,7D,8D,9D2,10D2,11D2,12D2,13D2,14D2,15D. The lowest BCUT2D eigenvalue weighted by Gasteiger charge is -2.35. The third-order valence-corrected chi connectivity index (χ3v) is 4.41. The van der Waals surface area contributed by atoms with Crippen LogP contribution < -0.4 is 4.90 Å². The molecule has 5 heteroatoms. The van der Waals surface area contributed by atoms with Crippen molar-refractivity contribution in [3.63, 3.8) is 0 Å². The van der Waals surface area contributed by atoms with Crippen LogP contribution in [0, 0.1) is 0 Å². The molecular formula is C20H24ClN3S. The van der Waals surface area contributed by atoms with Gasteiger partial charge in [-0.1, -0.05) is 35.5 Å². The Morgan fingerprint density at radius 1 is 1.16 bits per heavy atom. The number of nitrogens with zero attached hydrogens (tertiary/aromatic N) is 3. The fraction of sp³-hybridized carbons (Fsp3) is 0.400. The van der Waals surface area contributed by atoms with E-state index in [4.69, 9.17) is 39.0 Å². The van der Waals surface area contributed by atoms with Crippen LogP contribution >= 0.6 is 23.4 Å². The summed E-state index contributed by atoms with van der Waals surface area (Å²) in [6.45, 7) is -28.5. The molecule has 2 aliphatic rings. The summed E-state index contributed by atoms with van der Waals surface area (Å²) >= 11 is 6.93. The lowest BCUT2D eigenvalue weighted by molar-refractivity contribution is 0.153. The molecule has 4 rings (SSSR count). The lowest BCUT2D eigenvalue weighted by atomic mass is 10.2. The maximum absolute atomic E-state index is 9.02. The Morgan fingerprint density at radius 2 is 2.00 bits per heavy atom. The molecule has 0 unspecified atom stereocenters. The molecule has 2 aromatic carbocycles. The van der Waals surface area contributed by atoms with Gasteiger partial charge in [0.25, 0.3) is 0 Å². The van der Waals surface area contributed by atoms with Crippen molar-refractivity contribution in [3.05, 3.63) is 47.4 Å². The van der Waals surface area contributed by atoms with Crippen molar-refractivity contribution in [2.75, 3.05) is 50.9 Å². The minimum absolute atomic E-state index is 0.157. The second-order valence-corrected chi connectivity index (χ2v) is 6.17.